The fourth-order valence-corrected chi connectivity index (χ4v) is 4.32. The smallest absolute Gasteiger partial charge is 0.242 e. The lowest BCUT2D eigenvalue weighted by Crippen LogP contribution is -2.45. The minimum absolute atomic E-state index is 0.0125. The van der Waals surface area contributed by atoms with Crippen LogP contribution < -0.4 is 4.90 Å². The van der Waals surface area contributed by atoms with Gasteiger partial charge < -0.3 is 14.7 Å². The molecule has 0 aromatic heterocycles. The first-order valence-corrected chi connectivity index (χ1v) is 8.92. The van der Waals surface area contributed by atoms with Crippen LogP contribution in [0.5, 0.6) is 0 Å². The Morgan fingerprint density at radius 3 is 2.74 bits per heavy atom. The third-order valence-electron chi connectivity index (χ3n) is 4.69. The highest BCUT2D eigenvalue weighted by Crippen LogP contribution is 2.35. The molecule has 2 atom stereocenters. The van der Waals surface area contributed by atoms with Crippen molar-refractivity contribution in [3.05, 3.63) is 24.3 Å². The summed E-state index contributed by atoms with van der Waals surface area (Å²) < 4.78 is 0. The third kappa shape index (κ3) is 3.23. The van der Waals surface area contributed by atoms with E-state index in [2.05, 4.69) is 25.9 Å². The van der Waals surface area contributed by atoms with E-state index in [9.17, 15) is 9.59 Å². The van der Waals surface area contributed by atoms with Crippen molar-refractivity contribution in [2.24, 2.45) is 5.92 Å². The molecule has 3 rings (SSSR count). The number of likely N-dealkylation sites (tertiary alicyclic amines) is 1. The number of fused-ring (bicyclic) bond motifs is 1. The van der Waals surface area contributed by atoms with E-state index in [0.717, 1.165) is 23.7 Å². The average Bonchev–Trinajstić information content (AvgIpc) is 2.92. The molecule has 0 spiro atoms. The van der Waals surface area contributed by atoms with Crippen LogP contribution in [0.4, 0.5) is 5.69 Å². The molecule has 1 fully saturated rings. The molecule has 1 aromatic rings. The van der Waals surface area contributed by atoms with Gasteiger partial charge in [0.05, 0.1) is 11.4 Å². The van der Waals surface area contributed by atoms with Crippen LogP contribution in [0.25, 0.3) is 0 Å². The van der Waals surface area contributed by atoms with Crippen molar-refractivity contribution >= 4 is 29.3 Å². The zero-order valence-corrected chi connectivity index (χ0v) is 14.7. The summed E-state index contributed by atoms with van der Waals surface area (Å²) in [5, 5.41) is 0. The van der Waals surface area contributed by atoms with E-state index < -0.39 is 0 Å². The molecule has 23 heavy (non-hydrogen) atoms. The molecule has 2 heterocycles. The maximum absolute atomic E-state index is 12.7. The molecule has 0 radical (unpaired) electrons. The first-order valence-electron chi connectivity index (χ1n) is 7.93. The van der Waals surface area contributed by atoms with E-state index in [0.29, 0.717) is 17.7 Å². The van der Waals surface area contributed by atoms with Gasteiger partial charge in [0, 0.05) is 24.0 Å². The SMILES string of the molecule is CC1CN(C(=O)CN2C(=O)CSc3ccccc32)CC1N(C)C. The molecule has 2 amide bonds. The van der Waals surface area contributed by atoms with Crippen molar-refractivity contribution in [2.75, 3.05) is 44.4 Å². The topological polar surface area (TPSA) is 43.9 Å². The summed E-state index contributed by atoms with van der Waals surface area (Å²) in [6, 6.07) is 8.19. The Kier molecular flexibility index (Phi) is 4.64. The number of carbonyl (C=O) groups is 2. The number of hydrogen-bond donors (Lipinski definition) is 0. The summed E-state index contributed by atoms with van der Waals surface area (Å²) in [5.41, 5.74) is 0.860. The highest BCUT2D eigenvalue weighted by atomic mass is 32.2. The second kappa shape index (κ2) is 6.53. The van der Waals surface area contributed by atoms with Crippen molar-refractivity contribution in [1.82, 2.24) is 9.80 Å². The van der Waals surface area contributed by atoms with E-state index in [1.54, 1.807) is 16.7 Å². The van der Waals surface area contributed by atoms with Crippen LogP contribution in [0.2, 0.25) is 0 Å². The molecule has 0 bridgehead atoms. The van der Waals surface area contributed by atoms with Crippen LogP contribution in [0.3, 0.4) is 0 Å². The number of nitrogens with zero attached hydrogens (tertiary/aromatic N) is 3. The standard InChI is InChI=1S/C17H23N3O2S/c1-12-8-19(9-14(12)18(2)3)16(21)10-20-13-6-4-5-7-15(13)23-11-17(20)22/h4-7,12,14H,8-11H2,1-3H3. The van der Waals surface area contributed by atoms with Gasteiger partial charge in [0.2, 0.25) is 11.8 Å². The highest BCUT2D eigenvalue weighted by molar-refractivity contribution is 8.00. The molecule has 124 valence electrons. The third-order valence-corrected chi connectivity index (χ3v) is 5.74. The monoisotopic (exact) mass is 333 g/mol. The number of benzene rings is 1. The Bertz CT molecular complexity index is 620. The van der Waals surface area contributed by atoms with Gasteiger partial charge in [0.15, 0.2) is 0 Å². The number of hydrogen-bond acceptors (Lipinski definition) is 4. The van der Waals surface area contributed by atoms with E-state index >= 15 is 0 Å². The fraction of sp³-hybridized carbons (Fsp3) is 0.529. The Morgan fingerprint density at radius 1 is 1.30 bits per heavy atom. The summed E-state index contributed by atoms with van der Waals surface area (Å²) in [4.78, 5) is 31.7. The van der Waals surface area contributed by atoms with Crippen LogP contribution >= 0.6 is 11.8 Å². The minimum Gasteiger partial charge on any atom is -0.339 e. The Morgan fingerprint density at radius 2 is 2.04 bits per heavy atom. The normalized spacial score (nSPS) is 24.3. The predicted octanol–water partition coefficient (Wildman–Crippen LogP) is 1.53. The van der Waals surface area contributed by atoms with Gasteiger partial charge in [-0.05, 0) is 32.1 Å². The maximum Gasteiger partial charge on any atom is 0.242 e. The van der Waals surface area contributed by atoms with Gasteiger partial charge in [-0.3, -0.25) is 9.59 Å². The summed E-state index contributed by atoms with van der Waals surface area (Å²) in [5.74, 6) is 0.907. The summed E-state index contributed by atoms with van der Waals surface area (Å²) in [6.07, 6.45) is 0. The number of thioether (sulfide) groups is 1. The van der Waals surface area contributed by atoms with E-state index in [-0.39, 0.29) is 18.4 Å². The molecule has 1 aromatic carbocycles. The first kappa shape index (κ1) is 16.3. The molecular weight excluding hydrogens is 310 g/mol. The second-order valence-electron chi connectivity index (χ2n) is 6.54. The molecule has 2 aliphatic rings. The Labute approximate surface area is 141 Å². The number of likely N-dealkylation sites (N-methyl/N-ethyl adjacent to an activating group) is 1. The summed E-state index contributed by atoms with van der Waals surface area (Å²) >= 11 is 1.54. The molecule has 0 aliphatic carbocycles. The molecule has 0 saturated carbocycles. The van der Waals surface area contributed by atoms with Crippen molar-refractivity contribution in [2.45, 2.75) is 17.9 Å². The van der Waals surface area contributed by atoms with Crippen molar-refractivity contribution in [3.63, 3.8) is 0 Å². The largest absolute Gasteiger partial charge is 0.339 e. The van der Waals surface area contributed by atoms with Gasteiger partial charge in [0.1, 0.15) is 6.54 Å². The van der Waals surface area contributed by atoms with Crippen molar-refractivity contribution < 1.29 is 9.59 Å². The molecule has 6 heteroatoms. The molecule has 1 saturated heterocycles. The summed E-state index contributed by atoms with van der Waals surface area (Å²) in [7, 11) is 4.10. The van der Waals surface area contributed by atoms with Crippen LogP contribution in [-0.2, 0) is 9.59 Å². The lowest BCUT2D eigenvalue weighted by Gasteiger charge is -2.30. The van der Waals surface area contributed by atoms with Gasteiger partial charge in [0.25, 0.3) is 0 Å². The van der Waals surface area contributed by atoms with Crippen LogP contribution in [-0.4, -0.2) is 67.1 Å². The zero-order chi connectivity index (χ0) is 16.6. The van der Waals surface area contributed by atoms with Gasteiger partial charge in [-0.15, -0.1) is 11.8 Å². The molecule has 2 aliphatic heterocycles. The highest BCUT2D eigenvalue weighted by Gasteiger charge is 2.35. The van der Waals surface area contributed by atoms with Crippen LogP contribution in [0.15, 0.2) is 29.2 Å². The first-order chi connectivity index (χ1) is 11.0. The van der Waals surface area contributed by atoms with Crippen molar-refractivity contribution in [3.8, 4) is 0 Å². The van der Waals surface area contributed by atoms with Crippen LogP contribution in [0.1, 0.15) is 6.92 Å². The zero-order valence-electron chi connectivity index (χ0n) is 13.9. The number of rotatable bonds is 3. The Balaban J connectivity index is 1.72. The number of anilines is 1. The molecule has 2 unspecified atom stereocenters. The summed E-state index contributed by atoms with van der Waals surface area (Å²) in [6.45, 7) is 3.82. The van der Waals surface area contributed by atoms with Crippen LogP contribution in [0, 0.1) is 5.92 Å². The lowest BCUT2D eigenvalue weighted by atomic mass is 10.1. The lowest BCUT2D eigenvalue weighted by molar-refractivity contribution is -0.130. The van der Waals surface area contributed by atoms with Gasteiger partial charge in [-0.1, -0.05) is 19.1 Å². The van der Waals surface area contributed by atoms with E-state index in [1.165, 1.54) is 0 Å². The number of para-hydroxylation sites is 1. The number of amides is 2. The second-order valence-corrected chi connectivity index (χ2v) is 7.56. The quantitative estimate of drug-likeness (QED) is 0.841. The maximum atomic E-state index is 12.7. The van der Waals surface area contributed by atoms with Gasteiger partial charge in [-0.25, -0.2) is 0 Å². The van der Waals surface area contributed by atoms with Gasteiger partial charge >= 0.3 is 0 Å². The molecule has 5 nitrogen and oxygen atoms in total. The average molecular weight is 333 g/mol. The van der Waals surface area contributed by atoms with E-state index in [4.69, 9.17) is 0 Å². The van der Waals surface area contributed by atoms with Gasteiger partial charge in [-0.2, -0.15) is 0 Å². The van der Waals surface area contributed by atoms with Crippen molar-refractivity contribution in [1.29, 1.82) is 0 Å². The van der Waals surface area contributed by atoms with E-state index in [1.807, 2.05) is 29.2 Å². The fourth-order valence-electron chi connectivity index (χ4n) is 3.39. The molecular formula is C17H23N3O2S. The Hall–Kier alpha value is -1.53. The predicted molar refractivity (Wildman–Crippen MR) is 92.7 cm³/mol. The minimum atomic E-state index is 0.0125. The molecule has 0 N–H and O–H groups in total. The number of carbonyl (C=O) groups excluding carboxylic acids is 2.